The van der Waals surface area contributed by atoms with Gasteiger partial charge in [-0.15, -0.1) is 0 Å². The molecule has 108 valence electrons. The minimum Gasteiger partial charge on any atom is -0.497 e. The molecule has 0 unspecified atom stereocenters. The van der Waals surface area contributed by atoms with E-state index < -0.39 is 0 Å². The molecular weight excluding hydrogens is 264 g/mol. The Hall–Kier alpha value is -2.56. The first-order valence-electron chi connectivity index (χ1n) is 6.91. The molecule has 0 aliphatic heterocycles. The lowest BCUT2D eigenvalue weighted by molar-refractivity contribution is 0.414. The maximum Gasteiger partial charge on any atom is 0.145 e. The van der Waals surface area contributed by atoms with Crippen LogP contribution in [-0.4, -0.2) is 28.2 Å². The second-order valence-electron chi connectivity index (χ2n) is 4.91. The average Bonchev–Trinajstić information content (AvgIpc) is 2.90. The van der Waals surface area contributed by atoms with Gasteiger partial charge in [-0.2, -0.15) is 0 Å². The third-order valence-corrected chi connectivity index (χ3v) is 3.50. The fourth-order valence-electron chi connectivity index (χ4n) is 2.37. The van der Waals surface area contributed by atoms with Crippen LogP contribution in [0.1, 0.15) is 5.56 Å². The van der Waals surface area contributed by atoms with Crippen molar-refractivity contribution in [2.24, 2.45) is 7.05 Å². The van der Waals surface area contributed by atoms with Crippen LogP contribution in [0.4, 0.5) is 5.82 Å². The van der Waals surface area contributed by atoms with Gasteiger partial charge in [-0.05, 0) is 30.2 Å². The molecule has 3 aromatic rings. The second-order valence-corrected chi connectivity index (χ2v) is 4.91. The van der Waals surface area contributed by atoms with Crippen LogP contribution in [0.3, 0.4) is 0 Å². The van der Waals surface area contributed by atoms with Crippen LogP contribution in [0.25, 0.3) is 11.0 Å². The Morgan fingerprint density at radius 1 is 1.24 bits per heavy atom. The minimum atomic E-state index is 0.814. The molecule has 3 rings (SSSR count). The van der Waals surface area contributed by atoms with Crippen LogP contribution >= 0.6 is 0 Å². The van der Waals surface area contributed by atoms with E-state index in [0.29, 0.717) is 0 Å². The summed E-state index contributed by atoms with van der Waals surface area (Å²) in [6, 6.07) is 10.1. The number of aromatic nitrogens is 3. The van der Waals surface area contributed by atoms with E-state index in [9.17, 15) is 0 Å². The lowest BCUT2D eigenvalue weighted by atomic mass is 10.1. The zero-order chi connectivity index (χ0) is 14.7. The number of methoxy groups -OCH3 is 1. The van der Waals surface area contributed by atoms with Crippen LogP contribution in [-0.2, 0) is 13.5 Å². The largest absolute Gasteiger partial charge is 0.497 e. The second kappa shape index (κ2) is 5.83. The van der Waals surface area contributed by atoms with E-state index in [0.717, 1.165) is 35.6 Å². The van der Waals surface area contributed by atoms with Gasteiger partial charge in [-0.3, -0.25) is 0 Å². The van der Waals surface area contributed by atoms with Crippen LogP contribution in [0.2, 0.25) is 0 Å². The molecule has 0 saturated heterocycles. The first-order valence-corrected chi connectivity index (χ1v) is 6.91. The standard InChI is InChI=1S/C16H18N4O/c1-20-9-7-14-15(18-11-19-16(14)20)17-8-6-12-4-3-5-13(10-12)21-2/h3-5,7,9-11H,6,8H2,1-2H3,(H,17,18,19). The van der Waals surface area contributed by atoms with Crippen molar-refractivity contribution in [2.45, 2.75) is 6.42 Å². The molecular formula is C16H18N4O. The van der Waals surface area contributed by atoms with Crippen LogP contribution in [0.5, 0.6) is 5.75 Å². The zero-order valence-corrected chi connectivity index (χ0v) is 12.2. The number of nitrogens with one attached hydrogen (secondary N) is 1. The Morgan fingerprint density at radius 2 is 2.14 bits per heavy atom. The highest BCUT2D eigenvalue weighted by atomic mass is 16.5. The van der Waals surface area contributed by atoms with Crippen molar-refractivity contribution in [2.75, 3.05) is 19.0 Å². The highest BCUT2D eigenvalue weighted by molar-refractivity contribution is 5.87. The number of fused-ring (bicyclic) bond motifs is 1. The normalized spacial score (nSPS) is 10.8. The fourth-order valence-corrected chi connectivity index (χ4v) is 2.37. The van der Waals surface area contributed by atoms with Gasteiger partial charge >= 0.3 is 0 Å². The molecule has 0 saturated carbocycles. The number of rotatable bonds is 5. The molecule has 0 amide bonds. The van der Waals surface area contributed by atoms with Crippen LogP contribution < -0.4 is 10.1 Å². The number of ether oxygens (including phenoxy) is 1. The quantitative estimate of drug-likeness (QED) is 0.781. The first kappa shape index (κ1) is 13.4. The molecule has 0 spiro atoms. The average molecular weight is 282 g/mol. The van der Waals surface area contributed by atoms with Gasteiger partial charge in [0.1, 0.15) is 23.5 Å². The van der Waals surface area contributed by atoms with Gasteiger partial charge in [0.15, 0.2) is 0 Å². The molecule has 0 radical (unpaired) electrons. The van der Waals surface area contributed by atoms with Crippen molar-refractivity contribution in [1.82, 2.24) is 14.5 Å². The summed E-state index contributed by atoms with van der Waals surface area (Å²) in [6.45, 7) is 0.814. The van der Waals surface area contributed by atoms with Crippen molar-refractivity contribution in [3.05, 3.63) is 48.4 Å². The molecule has 2 heterocycles. The van der Waals surface area contributed by atoms with Crippen molar-refractivity contribution < 1.29 is 4.74 Å². The molecule has 0 fully saturated rings. The third kappa shape index (κ3) is 2.81. The smallest absolute Gasteiger partial charge is 0.145 e. The van der Waals surface area contributed by atoms with E-state index in [1.54, 1.807) is 13.4 Å². The van der Waals surface area contributed by atoms with Gasteiger partial charge in [0.05, 0.1) is 12.5 Å². The van der Waals surface area contributed by atoms with E-state index in [1.165, 1.54) is 5.56 Å². The predicted octanol–water partition coefficient (Wildman–Crippen LogP) is 2.63. The number of anilines is 1. The molecule has 2 aromatic heterocycles. The molecule has 5 heteroatoms. The van der Waals surface area contributed by atoms with E-state index in [-0.39, 0.29) is 0 Å². The highest BCUT2D eigenvalue weighted by Crippen LogP contribution is 2.19. The summed E-state index contributed by atoms with van der Waals surface area (Å²) in [5.41, 5.74) is 2.18. The van der Waals surface area contributed by atoms with Crippen LogP contribution in [0, 0.1) is 0 Å². The summed E-state index contributed by atoms with van der Waals surface area (Å²) in [5.74, 6) is 1.77. The molecule has 0 bridgehead atoms. The van der Waals surface area contributed by atoms with Gasteiger partial charge in [-0.1, -0.05) is 12.1 Å². The Morgan fingerprint density at radius 3 is 3.00 bits per heavy atom. The SMILES string of the molecule is COc1cccc(CCNc2ncnc3c2ccn3C)c1. The Balaban J connectivity index is 1.69. The van der Waals surface area contributed by atoms with Gasteiger partial charge < -0.3 is 14.6 Å². The number of hydrogen-bond acceptors (Lipinski definition) is 4. The monoisotopic (exact) mass is 282 g/mol. The zero-order valence-electron chi connectivity index (χ0n) is 12.2. The Bertz CT molecular complexity index is 751. The highest BCUT2D eigenvalue weighted by Gasteiger charge is 2.05. The summed E-state index contributed by atoms with van der Waals surface area (Å²) in [6.07, 6.45) is 4.50. The lowest BCUT2D eigenvalue weighted by Crippen LogP contribution is -2.07. The molecule has 1 N–H and O–H groups in total. The summed E-state index contributed by atoms with van der Waals surface area (Å²) in [5, 5.41) is 4.43. The fraction of sp³-hybridized carbons (Fsp3) is 0.250. The van der Waals surface area contributed by atoms with Gasteiger partial charge in [0, 0.05) is 19.8 Å². The molecule has 21 heavy (non-hydrogen) atoms. The van der Waals surface area contributed by atoms with Crippen molar-refractivity contribution in [1.29, 1.82) is 0 Å². The van der Waals surface area contributed by atoms with E-state index in [1.807, 2.05) is 36.0 Å². The number of benzene rings is 1. The van der Waals surface area contributed by atoms with Crippen molar-refractivity contribution in [3.8, 4) is 5.75 Å². The predicted molar refractivity (Wildman–Crippen MR) is 83.7 cm³/mol. The topological polar surface area (TPSA) is 52.0 Å². The summed E-state index contributed by atoms with van der Waals surface area (Å²) < 4.78 is 7.23. The summed E-state index contributed by atoms with van der Waals surface area (Å²) in [7, 11) is 3.67. The van der Waals surface area contributed by atoms with E-state index in [2.05, 4.69) is 27.4 Å². The number of nitrogens with zero attached hydrogens (tertiary/aromatic N) is 3. The maximum absolute atomic E-state index is 5.24. The lowest BCUT2D eigenvalue weighted by Gasteiger charge is -2.08. The van der Waals surface area contributed by atoms with Gasteiger partial charge in [0.25, 0.3) is 0 Å². The summed E-state index contributed by atoms with van der Waals surface area (Å²) >= 11 is 0. The van der Waals surface area contributed by atoms with E-state index in [4.69, 9.17) is 4.74 Å². The third-order valence-electron chi connectivity index (χ3n) is 3.50. The molecule has 1 aromatic carbocycles. The number of aryl methyl sites for hydroxylation is 1. The van der Waals surface area contributed by atoms with Crippen LogP contribution in [0.15, 0.2) is 42.9 Å². The summed E-state index contributed by atoms with van der Waals surface area (Å²) in [4.78, 5) is 8.61. The molecule has 0 aliphatic carbocycles. The van der Waals surface area contributed by atoms with Crippen molar-refractivity contribution >= 4 is 16.9 Å². The molecule has 0 aliphatic rings. The minimum absolute atomic E-state index is 0.814. The van der Waals surface area contributed by atoms with Gasteiger partial charge in [-0.25, -0.2) is 9.97 Å². The molecule has 0 atom stereocenters. The van der Waals surface area contributed by atoms with Crippen molar-refractivity contribution in [3.63, 3.8) is 0 Å². The van der Waals surface area contributed by atoms with Gasteiger partial charge in [0.2, 0.25) is 0 Å². The Kier molecular flexibility index (Phi) is 3.73. The Labute approximate surface area is 123 Å². The number of hydrogen-bond donors (Lipinski definition) is 1. The molecule has 5 nitrogen and oxygen atoms in total. The first-order chi connectivity index (χ1) is 10.3. The van der Waals surface area contributed by atoms with E-state index >= 15 is 0 Å². The maximum atomic E-state index is 5.24.